The quantitative estimate of drug-likeness (QED) is 0.749. The Morgan fingerprint density at radius 1 is 1.20 bits per heavy atom. The summed E-state index contributed by atoms with van der Waals surface area (Å²) >= 11 is 0. The largest absolute Gasteiger partial charge is 0.497 e. The second-order valence-corrected chi connectivity index (χ2v) is 8.21. The SMILES string of the molecule is COc1ccc(/C(C)=C/C(=O)NCCS(=O)(=O)N2CCCCC2)cc1. The van der Waals surface area contributed by atoms with E-state index in [2.05, 4.69) is 5.32 Å². The Balaban J connectivity index is 1.84. The maximum Gasteiger partial charge on any atom is 0.244 e. The number of hydrogen-bond donors (Lipinski definition) is 1. The normalized spacial score (nSPS) is 16.5. The highest BCUT2D eigenvalue weighted by atomic mass is 32.2. The summed E-state index contributed by atoms with van der Waals surface area (Å²) in [6.45, 7) is 3.13. The number of nitrogens with zero attached hydrogens (tertiary/aromatic N) is 1. The van der Waals surface area contributed by atoms with Crippen LogP contribution in [0, 0.1) is 0 Å². The molecule has 0 spiro atoms. The number of ether oxygens (including phenoxy) is 1. The Morgan fingerprint density at radius 2 is 1.84 bits per heavy atom. The van der Waals surface area contributed by atoms with Gasteiger partial charge in [0.15, 0.2) is 0 Å². The number of benzene rings is 1. The number of amides is 1. The van der Waals surface area contributed by atoms with E-state index in [0.717, 1.165) is 36.1 Å². The fraction of sp³-hybridized carbons (Fsp3) is 0.500. The number of hydrogen-bond acceptors (Lipinski definition) is 4. The third kappa shape index (κ3) is 5.86. The summed E-state index contributed by atoms with van der Waals surface area (Å²) in [6.07, 6.45) is 4.39. The molecule has 0 aromatic heterocycles. The molecule has 25 heavy (non-hydrogen) atoms. The van der Waals surface area contributed by atoms with E-state index in [0.29, 0.717) is 13.1 Å². The minimum absolute atomic E-state index is 0.0613. The van der Waals surface area contributed by atoms with Crippen molar-refractivity contribution in [2.75, 3.05) is 32.5 Å². The Bertz CT molecular complexity index is 705. The monoisotopic (exact) mass is 366 g/mol. The first kappa shape index (κ1) is 19.5. The number of nitrogens with one attached hydrogen (secondary N) is 1. The van der Waals surface area contributed by atoms with E-state index < -0.39 is 10.0 Å². The number of carbonyl (C=O) groups excluding carboxylic acids is 1. The maximum absolute atomic E-state index is 12.2. The van der Waals surface area contributed by atoms with E-state index >= 15 is 0 Å². The van der Waals surface area contributed by atoms with Gasteiger partial charge in [-0.3, -0.25) is 4.79 Å². The maximum atomic E-state index is 12.2. The molecule has 2 rings (SSSR count). The second kappa shape index (κ2) is 9.01. The lowest BCUT2D eigenvalue weighted by Crippen LogP contribution is -2.40. The standard InChI is InChI=1S/C18H26N2O4S/c1-15(16-6-8-17(24-2)9-7-16)14-18(21)19-10-13-25(22,23)20-11-4-3-5-12-20/h6-9,14H,3-5,10-13H2,1-2H3,(H,19,21)/b15-14+. The highest BCUT2D eigenvalue weighted by molar-refractivity contribution is 7.89. The van der Waals surface area contributed by atoms with Gasteiger partial charge in [0.25, 0.3) is 0 Å². The van der Waals surface area contributed by atoms with Gasteiger partial charge in [-0.1, -0.05) is 18.6 Å². The zero-order valence-corrected chi connectivity index (χ0v) is 15.6. The highest BCUT2D eigenvalue weighted by Crippen LogP contribution is 2.18. The average Bonchev–Trinajstić information content (AvgIpc) is 2.62. The van der Waals surface area contributed by atoms with Gasteiger partial charge in [-0.25, -0.2) is 12.7 Å². The Kier molecular flexibility index (Phi) is 7.01. The van der Waals surface area contributed by atoms with E-state index in [-0.39, 0.29) is 18.2 Å². The van der Waals surface area contributed by atoms with Crippen molar-refractivity contribution in [3.05, 3.63) is 35.9 Å². The first-order valence-electron chi connectivity index (χ1n) is 8.51. The van der Waals surface area contributed by atoms with Crippen LogP contribution < -0.4 is 10.1 Å². The third-order valence-corrected chi connectivity index (χ3v) is 6.13. The van der Waals surface area contributed by atoms with Gasteiger partial charge in [0, 0.05) is 25.7 Å². The van der Waals surface area contributed by atoms with Crippen LogP contribution in [-0.4, -0.2) is 51.1 Å². The molecule has 7 heteroatoms. The second-order valence-electron chi connectivity index (χ2n) is 6.12. The number of sulfonamides is 1. The number of rotatable bonds is 7. The summed E-state index contributed by atoms with van der Waals surface area (Å²) < 4.78 is 31.1. The van der Waals surface area contributed by atoms with E-state index in [9.17, 15) is 13.2 Å². The molecule has 1 aliphatic rings. The molecule has 1 aromatic rings. The molecule has 0 aliphatic carbocycles. The molecule has 1 aromatic carbocycles. The number of carbonyl (C=O) groups is 1. The van der Waals surface area contributed by atoms with Gasteiger partial charge in [-0.15, -0.1) is 0 Å². The predicted molar refractivity (Wildman–Crippen MR) is 98.9 cm³/mol. The zero-order chi connectivity index (χ0) is 18.3. The van der Waals surface area contributed by atoms with Gasteiger partial charge >= 0.3 is 0 Å². The van der Waals surface area contributed by atoms with Crippen molar-refractivity contribution >= 4 is 21.5 Å². The van der Waals surface area contributed by atoms with Crippen LogP contribution in [0.5, 0.6) is 5.75 Å². The van der Waals surface area contributed by atoms with E-state index in [1.165, 1.54) is 10.4 Å². The van der Waals surface area contributed by atoms with Gasteiger partial charge in [0.2, 0.25) is 15.9 Å². The lowest BCUT2D eigenvalue weighted by atomic mass is 10.1. The van der Waals surface area contributed by atoms with Crippen LogP contribution in [0.15, 0.2) is 30.3 Å². The van der Waals surface area contributed by atoms with E-state index in [1.54, 1.807) is 7.11 Å². The van der Waals surface area contributed by atoms with Crippen molar-refractivity contribution in [3.8, 4) is 5.75 Å². The Labute approximate surface area is 149 Å². The highest BCUT2D eigenvalue weighted by Gasteiger charge is 2.23. The summed E-state index contributed by atoms with van der Waals surface area (Å²) in [4.78, 5) is 12.0. The number of piperidine rings is 1. The zero-order valence-electron chi connectivity index (χ0n) is 14.8. The Morgan fingerprint density at radius 3 is 2.44 bits per heavy atom. The topological polar surface area (TPSA) is 75.7 Å². The van der Waals surface area contributed by atoms with Gasteiger partial charge in [0.1, 0.15) is 5.75 Å². The first-order chi connectivity index (χ1) is 11.9. The van der Waals surface area contributed by atoms with Crippen molar-refractivity contribution in [3.63, 3.8) is 0 Å². The summed E-state index contributed by atoms with van der Waals surface area (Å²) in [5, 5.41) is 2.66. The summed E-state index contributed by atoms with van der Waals surface area (Å²) in [5.41, 5.74) is 1.72. The van der Waals surface area contributed by atoms with Crippen LogP contribution in [0.1, 0.15) is 31.7 Å². The lowest BCUT2D eigenvalue weighted by molar-refractivity contribution is -0.116. The Hall–Kier alpha value is -1.86. The van der Waals surface area contributed by atoms with Crippen molar-refractivity contribution in [2.24, 2.45) is 0 Å². The molecule has 0 saturated carbocycles. The van der Waals surface area contributed by atoms with Crippen molar-refractivity contribution in [1.29, 1.82) is 0 Å². The van der Waals surface area contributed by atoms with Gasteiger partial charge < -0.3 is 10.1 Å². The van der Waals surface area contributed by atoms with Crippen LogP contribution in [0.25, 0.3) is 5.57 Å². The molecule has 0 bridgehead atoms. The number of allylic oxidation sites excluding steroid dienone is 1. The number of methoxy groups -OCH3 is 1. The molecular formula is C18H26N2O4S. The van der Waals surface area contributed by atoms with Gasteiger partial charge in [0.05, 0.1) is 12.9 Å². The first-order valence-corrected chi connectivity index (χ1v) is 10.1. The van der Waals surface area contributed by atoms with Crippen LogP contribution in [0.3, 0.4) is 0 Å². The molecule has 0 unspecified atom stereocenters. The van der Waals surface area contributed by atoms with Crippen molar-refractivity contribution in [2.45, 2.75) is 26.2 Å². The van der Waals surface area contributed by atoms with Crippen LogP contribution in [0.4, 0.5) is 0 Å². The molecule has 1 amide bonds. The van der Waals surface area contributed by atoms with Gasteiger partial charge in [-0.2, -0.15) is 0 Å². The molecule has 0 atom stereocenters. The van der Waals surface area contributed by atoms with Crippen LogP contribution in [-0.2, 0) is 14.8 Å². The molecular weight excluding hydrogens is 340 g/mol. The smallest absolute Gasteiger partial charge is 0.244 e. The summed E-state index contributed by atoms with van der Waals surface area (Å²) in [5.74, 6) is 0.403. The third-order valence-electron chi connectivity index (χ3n) is 4.26. The molecule has 6 nitrogen and oxygen atoms in total. The van der Waals surface area contributed by atoms with E-state index in [4.69, 9.17) is 4.74 Å². The van der Waals surface area contributed by atoms with Crippen molar-refractivity contribution in [1.82, 2.24) is 9.62 Å². The van der Waals surface area contributed by atoms with E-state index in [1.807, 2.05) is 31.2 Å². The van der Waals surface area contributed by atoms with Crippen molar-refractivity contribution < 1.29 is 17.9 Å². The van der Waals surface area contributed by atoms with Crippen LogP contribution in [0.2, 0.25) is 0 Å². The molecule has 1 heterocycles. The fourth-order valence-electron chi connectivity index (χ4n) is 2.76. The molecule has 1 N–H and O–H groups in total. The summed E-state index contributed by atoms with van der Waals surface area (Å²) in [7, 11) is -1.68. The van der Waals surface area contributed by atoms with Crippen LogP contribution >= 0.6 is 0 Å². The molecule has 0 radical (unpaired) electrons. The molecule has 1 fully saturated rings. The molecule has 1 saturated heterocycles. The average molecular weight is 366 g/mol. The van der Waals surface area contributed by atoms with Gasteiger partial charge in [-0.05, 0) is 43.0 Å². The minimum atomic E-state index is -3.28. The molecule has 138 valence electrons. The minimum Gasteiger partial charge on any atom is -0.497 e. The predicted octanol–water partition coefficient (Wildman–Crippen LogP) is 2.03. The fourth-order valence-corrected chi connectivity index (χ4v) is 4.19. The molecule has 1 aliphatic heterocycles. The summed E-state index contributed by atoms with van der Waals surface area (Å²) in [6, 6.07) is 7.41. The lowest BCUT2D eigenvalue weighted by Gasteiger charge is -2.25.